The quantitative estimate of drug-likeness (QED) is 0.662. The summed E-state index contributed by atoms with van der Waals surface area (Å²) >= 11 is 0. The van der Waals surface area contributed by atoms with Crippen molar-refractivity contribution in [3.05, 3.63) is 0 Å². The molecule has 1 unspecified atom stereocenters. The summed E-state index contributed by atoms with van der Waals surface area (Å²) in [6.07, 6.45) is 3.35. The summed E-state index contributed by atoms with van der Waals surface area (Å²) in [4.78, 5) is 11.4. The monoisotopic (exact) mass is 199 g/mol. The Labute approximate surface area is 86.2 Å². The molecule has 1 saturated carbocycles. The van der Waals surface area contributed by atoms with E-state index < -0.39 is 0 Å². The standard InChI is InChI=1S/C11H21NO2/c1-4-9(10(13)14-5-2)12-8-11(3)6-7-11/h9,12H,4-8H2,1-3H3. The summed E-state index contributed by atoms with van der Waals surface area (Å²) in [5, 5.41) is 3.28. The molecule has 0 radical (unpaired) electrons. The zero-order chi connectivity index (χ0) is 10.6. The third kappa shape index (κ3) is 3.29. The largest absolute Gasteiger partial charge is 0.465 e. The van der Waals surface area contributed by atoms with Crippen molar-refractivity contribution in [3.63, 3.8) is 0 Å². The van der Waals surface area contributed by atoms with Gasteiger partial charge in [0.15, 0.2) is 0 Å². The molecule has 3 heteroatoms. The van der Waals surface area contributed by atoms with Crippen LogP contribution >= 0.6 is 0 Å². The van der Waals surface area contributed by atoms with Crippen LogP contribution in [-0.2, 0) is 9.53 Å². The molecule has 1 fully saturated rings. The Kier molecular flexibility index (Phi) is 3.93. The average molecular weight is 199 g/mol. The van der Waals surface area contributed by atoms with Crippen molar-refractivity contribution >= 4 is 5.97 Å². The second-order valence-corrected chi connectivity index (χ2v) is 4.40. The molecule has 82 valence electrons. The van der Waals surface area contributed by atoms with E-state index in [2.05, 4.69) is 12.2 Å². The molecule has 14 heavy (non-hydrogen) atoms. The van der Waals surface area contributed by atoms with Gasteiger partial charge in [0.1, 0.15) is 6.04 Å². The fourth-order valence-electron chi connectivity index (χ4n) is 1.40. The van der Waals surface area contributed by atoms with Crippen LogP contribution in [0.1, 0.15) is 40.0 Å². The third-order valence-corrected chi connectivity index (χ3v) is 2.86. The molecule has 0 spiro atoms. The fraction of sp³-hybridized carbons (Fsp3) is 0.909. The van der Waals surface area contributed by atoms with Gasteiger partial charge >= 0.3 is 5.97 Å². The number of rotatable bonds is 6. The van der Waals surface area contributed by atoms with Gasteiger partial charge in [0.2, 0.25) is 0 Å². The maximum Gasteiger partial charge on any atom is 0.323 e. The Balaban J connectivity index is 2.26. The molecule has 0 heterocycles. The second kappa shape index (κ2) is 4.78. The molecule has 1 atom stereocenters. The Morgan fingerprint density at radius 1 is 1.50 bits per heavy atom. The van der Waals surface area contributed by atoms with Crippen LogP contribution in [0.4, 0.5) is 0 Å². The highest BCUT2D eigenvalue weighted by Crippen LogP contribution is 2.44. The molecule has 0 saturated heterocycles. The lowest BCUT2D eigenvalue weighted by Crippen LogP contribution is -2.40. The van der Waals surface area contributed by atoms with Crippen molar-refractivity contribution in [2.24, 2.45) is 5.41 Å². The van der Waals surface area contributed by atoms with E-state index in [1.54, 1.807) is 0 Å². The summed E-state index contributed by atoms with van der Waals surface area (Å²) in [7, 11) is 0. The van der Waals surface area contributed by atoms with Gasteiger partial charge in [-0.15, -0.1) is 0 Å². The SMILES string of the molecule is CCOC(=O)C(CC)NCC1(C)CC1. The Morgan fingerprint density at radius 3 is 2.57 bits per heavy atom. The Bertz CT molecular complexity index is 199. The third-order valence-electron chi connectivity index (χ3n) is 2.86. The topological polar surface area (TPSA) is 38.3 Å². The maximum atomic E-state index is 11.4. The van der Waals surface area contributed by atoms with E-state index in [9.17, 15) is 4.79 Å². The molecule has 0 aromatic heterocycles. The number of carbonyl (C=O) groups excluding carboxylic acids is 1. The van der Waals surface area contributed by atoms with Crippen molar-refractivity contribution < 1.29 is 9.53 Å². The number of carbonyl (C=O) groups is 1. The molecule has 1 rings (SSSR count). The molecule has 0 aromatic carbocycles. The molecular weight excluding hydrogens is 178 g/mol. The van der Waals surface area contributed by atoms with Crippen LogP contribution in [0.5, 0.6) is 0 Å². The number of nitrogens with one attached hydrogen (secondary N) is 1. The predicted molar refractivity (Wildman–Crippen MR) is 56.1 cm³/mol. The van der Waals surface area contributed by atoms with Crippen molar-refractivity contribution in [2.75, 3.05) is 13.2 Å². The van der Waals surface area contributed by atoms with Crippen molar-refractivity contribution in [1.82, 2.24) is 5.32 Å². The van der Waals surface area contributed by atoms with Crippen molar-refractivity contribution in [1.29, 1.82) is 0 Å². The Hall–Kier alpha value is -0.570. The minimum Gasteiger partial charge on any atom is -0.465 e. The van der Waals surface area contributed by atoms with E-state index in [-0.39, 0.29) is 12.0 Å². The molecule has 1 aliphatic carbocycles. The smallest absolute Gasteiger partial charge is 0.323 e. The van der Waals surface area contributed by atoms with E-state index in [0.717, 1.165) is 13.0 Å². The highest BCUT2D eigenvalue weighted by molar-refractivity contribution is 5.75. The van der Waals surface area contributed by atoms with Gasteiger partial charge in [-0.3, -0.25) is 4.79 Å². The van der Waals surface area contributed by atoms with Crippen LogP contribution in [0.15, 0.2) is 0 Å². The molecule has 3 nitrogen and oxygen atoms in total. The molecule has 0 bridgehead atoms. The van der Waals surface area contributed by atoms with Crippen LogP contribution in [0.25, 0.3) is 0 Å². The van der Waals surface area contributed by atoms with Gasteiger partial charge in [-0.25, -0.2) is 0 Å². The summed E-state index contributed by atoms with van der Waals surface area (Å²) < 4.78 is 4.98. The summed E-state index contributed by atoms with van der Waals surface area (Å²) in [6, 6.07) is -0.118. The molecular formula is C11H21NO2. The van der Waals surface area contributed by atoms with Gasteiger partial charge in [-0.05, 0) is 31.6 Å². The first kappa shape index (κ1) is 11.5. The van der Waals surface area contributed by atoms with Crippen LogP contribution in [-0.4, -0.2) is 25.2 Å². The van der Waals surface area contributed by atoms with Crippen molar-refractivity contribution in [2.45, 2.75) is 46.1 Å². The molecule has 0 aliphatic heterocycles. The highest BCUT2D eigenvalue weighted by atomic mass is 16.5. The average Bonchev–Trinajstić information content (AvgIpc) is 2.86. The number of ether oxygens (including phenoxy) is 1. The van der Waals surface area contributed by atoms with E-state index in [1.165, 1.54) is 12.8 Å². The van der Waals surface area contributed by atoms with Gasteiger partial charge < -0.3 is 10.1 Å². The van der Waals surface area contributed by atoms with Gasteiger partial charge in [-0.1, -0.05) is 13.8 Å². The van der Waals surface area contributed by atoms with Crippen LogP contribution in [0, 0.1) is 5.41 Å². The molecule has 1 aliphatic rings. The zero-order valence-electron chi connectivity index (χ0n) is 9.43. The van der Waals surface area contributed by atoms with E-state index in [4.69, 9.17) is 4.74 Å². The number of hydrogen-bond acceptors (Lipinski definition) is 3. The zero-order valence-corrected chi connectivity index (χ0v) is 9.43. The summed E-state index contributed by atoms with van der Waals surface area (Å²) in [5.41, 5.74) is 0.444. The maximum absolute atomic E-state index is 11.4. The van der Waals surface area contributed by atoms with E-state index >= 15 is 0 Å². The lowest BCUT2D eigenvalue weighted by molar-refractivity contribution is -0.145. The van der Waals surface area contributed by atoms with E-state index in [1.807, 2.05) is 13.8 Å². The second-order valence-electron chi connectivity index (χ2n) is 4.40. The first-order chi connectivity index (χ1) is 6.61. The first-order valence-electron chi connectivity index (χ1n) is 5.51. The first-order valence-corrected chi connectivity index (χ1v) is 5.51. The van der Waals surface area contributed by atoms with Gasteiger partial charge in [0, 0.05) is 6.54 Å². The number of esters is 1. The molecule has 1 N–H and O–H groups in total. The van der Waals surface area contributed by atoms with Gasteiger partial charge in [-0.2, -0.15) is 0 Å². The minimum atomic E-state index is -0.118. The highest BCUT2D eigenvalue weighted by Gasteiger charge is 2.37. The lowest BCUT2D eigenvalue weighted by Gasteiger charge is -2.17. The minimum absolute atomic E-state index is 0.112. The molecule has 0 amide bonds. The van der Waals surface area contributed by atoms with Gasteiger partial charge in [0.25, 0.3) is 0 Å². The predicted octanol–water partition coefficient (Wildman–Crippen LogP) is 1.72. The summed E-state index contributed by atoms with van der Waals surface area (Å²) in [6.45, 7) is 7.49. The normalized spacial score (nSPS) is 20.2. The van der Waals surface area contributed by atoms with Crippen LogP contribution in [0.3, 0.4) is 0 Å². The fourth-order valence-corrected chi connectivity index (χ4v) is 1.40. The van der Waals surface area contributed by atoms with Crippen molar-refractivity contribution in [3.8, 4) is 0 Å². The molecule has 0 aromatic rings. The van der Waals surface area contributed by atoms with Crippen LogP contribution < -0.4 is 5.32 Å². The van der Waals surface area contributed by atoms with Gasteiger partial charge in [0.05, 0.1) is 6.61 Å². The number of hydrogen-bond donors (Lipinski definition) is 1. The summed E-state index contributed by atoms with van der Waals surface area (Å²) in [5.74, 6) is -0.112. The van der Waals surface area contributed by atoms with Crippen LogP contribution in [0.2, 0.25) is 0 Å². The van der Waals surface area contributed by atoms with E-state index in [0.29, 0.717) is 12.0 Å². The Morgan fingerprint density at radius 2 is 2.14 bits per heavy atom. The lowest BCUT2D eigenvalue weighted by atomic mass is 10.1.